The van der Waals surface area contributed by atoms with Gasteiger partial charge in [0, 0.05) is 5.25 Å². The van der Waals surface area contributed by atoms with Gasteiger partial charge in [0.05, 0.1) is 6.61 Å². The molecule has 0 aromatic carbocycles. The van der Waals surface area contributed by atoms with Gasteiger partial charge in [0.15, 0.2) is 0 Å². The van der Waals surface area contributed by atoms with Gasteiger partial charge in [-0.15, -0.1) is 0 Å². The lowest BCUT2D eigenvalue weighted by molar-refractivity contribution is 0.289. The molecule has 0 aliphatic carbocycles. The van der Waals surface area contributed by atoms with Crippen molar-refractivity contribution in [2.45, 2.75) is 76.4 Å². The molecule has 0 rings (SSSR count). The fourth-order valence-electron chi connectivity index (χ4n) is 1.78. The van der Waals surface area contributed by atoms with Crippen molar-refractivity contribution in [3.63, 3.8) is 0 Å². The molecule has 2 heteroatoms. The quantitative estimate of drug-likeness (QED) is 0.404. The summed E-state index contributed by atoms with van der Waals surface area (Å²) in [5, 5.41) is 8.98. The van der Waals surface area contributed by atoms with Crippen molar-refractivity contribution < 1.29 is 5.11 Å². The lowest BCUT2D eigenvalue weighted by Gasteiger charge is -2.06. The van der Waals surface area contributed by atoms with Gasteiger partial charge in [-0.3, -0.25) is 0 Å². The smallest absolute Gasteiger partial charge is 0.0547 e. The summed E-state index contributed by atoms with van der Waals surface area (Å²) in [7, 11) is 0. The van der Waals surface area contributed by atoms with Gasteiger partial charge in [-0.1, -0.05) is 64.7 Å². The van der Waals surface area contributed by atoms with Gasteiger partial charge in [-0.2, -0.15) is 12.6 Å². The van der Waals surface area contributed by atoms with Crippen LogP contribution in [0.4, 0.5) is 0 Å². The maximum atomic E-state index is 8.78. The second-order valence-corrected chi connectivity index (χ2v) is 5.18. The first-order valence-electron chi connectivity index (χ1n) is 6.60. The molecule has 0 aliphatic rings. The highest BCUT2D eigenvalue weighted by Gasteiger charge is 1.99. The molecule has 15 heavy (non-hydrogen) atoms. The van der Waals surface area contributed by atoms with Gasteiger partial charge in [0.25, 0.3) is 0 Å². The standard InChI is InChI=1S/C13H28OS/c1-2-3-4-5-6-7-8-9-10-11-13(15)12-14/h13-15H,2-12H2,1H3. The van der Waals surface area contributed by atoms with E-state index in [-0.39, 0.29) is 11.9 Å². The molecule has 0 bridgehead atoms. The summed E-state index contributed by atoms with van der Waals surface area (Å²) in [6.45, 7) is 2.48. The van der Waals surface area contributed by atoms with Crippen LogP contribution in [-0.2, 0) is 0 Å². The number of aliphatic hydroxyl groups excluding tert-OH is 1. The zero-order valence-corrected chi connectivity index (χ0v) is 11.1. The van der Waals surface area contributed by atoms with Crippen LogP contribution in [0.3, 0.4) is 0 Å². The zero-order valence-electron chi connectivity index (χ0n) is 10.2. The molecule has 0 saturated heterocycles. The molecule has 0 aromatic heterocycles. The van der Waals surface area contributed by atoms with Crippen molar-refractivity contribution in [2.75, 3.05) is 6.61 Å². The first-order chi connectivity index (χ1) is 7.31. The molecule has 0 amide bonds. The third-order valence-corrected chi connectivity index (χ3v) is 3.27. The lowest BCUT2D eigenvalue weighted by Crippen LogP contribution is -2.03. The molecule has 0 radical (unpaired) electrons. The summed E-state index contributed by atoms with van der Waals surface area (Å²) in [4.78, 5) is 0. The van der Waals surface area contributed by atoms with E-state index in [0.29, 0.717) is 0 Å². The monoisotopic (exact) mass is 232 g/mol. The maximum Gasteiger partial charge on any atom is 0.0547 e. The molecule has 0 aliphatic heterocycles. The Balaban J connectivity index is 2.92. The van der Waals surface area contributed by atoms with Gasteiger partial charge in [-0.25, -0.2) is 0 Å². The van der Waals surface area contributed by atoms with Crippen molar-refractivity contribution in [1.29, 1.82) is 0 Å². The number of unbranched alkanes of at least 4 members (excludes halogenated alkanes) is 8. The Morgan fingerprint density at radius 2 is 1.33 bits per heavy atom. The predicted molar refractivity (Wildman–Crippen MR) is 71.7 cm³/mol. The van der Waals surface area contributed by atoms with Crippen LogP contribution >= 0.6 is 12.6 Å². The van der Waals surface area contributed by atoms with Gasteiger partial charge >= 0.3 is 0 Å². The minimum absolute atomic E-state index is 0.203. The van der Waals surface area contributed by atoms with Crippen molar-refractivity contribution in [1.82, 2.24) is 0 Å². The molecule has 0 saturated carbocycles. The van der Waals surface area contributed by atoms with Crippen LogP contribution in [0.1, 0.15) is 71.1 Å². The molecule has 1 unspecified atom stereocenters. The van der Waals surface area contributed by atoms with E-state index in [2.05, 4.69) is 19.6 Å². The van der Waals surface area contributed by atoms with Crippen LogP contribution in [-0.4, -0.2) is 17.0 Å². The van der Waals surface area contributed by atoms with Gasteiger partial charge in [0.2, 0.25) is 0 Å². The summed E-state index contributed by atoms with van der Waals surface area (Å²) in [5.74, 6) is 0. The number of aliphatic hydroxyl groups is 1. The second-order valence-electron chi connectivity index (χ2n) is 4.45. The predicted octanol–water partition coefficient (Wildman–Crippen LogP) is 4.20. The average molecular weight is 232 g/mol. The van der Waals surface area contributed by atoms with E-state index >= 15 is 0 Å². The molecule has 0 spiro atoms. The Kier molecular flexibility index (Phi) is 12.6. The number of hydrogen-bond donors (Lipinski definition) is 2. The van der Waals surface area contributed by atoms with E-state index in [4.69, 9.17) is 5.11 Å². The second kappa shape index (κ2) is 12.4. The minimum Gasteiger partial charge on any atom is -0.395 e. The summed E-state index contributed by atoms with van der Waals surface area (Å²) >= 11 is 4.26. The summed E-state index contributed by atoms with van der Waals surface area (Å²) in [6.07, 6.45) is 13.3. The van der Waals surface area contributed by atoms with E-state index in [1.165, 1.54) is 57.8 Å². The lowest BCUT2D eigenvalue weighted by atomic mass is 10.1. The van der Waals surface area contributed by atoms with E-state index in [1.807, 2.05) is 0 Å². The van der Waals surface area contributed by atoms with Crippen molar-refractivity contribution >= 4 is 12.6 Å². The van der Waals surface area contributed by atoms with Crippen molar-refractivity contribution in [3.05, 3.63) is 0 Å². The molecule has 0 aromatic rings. The third-order valence-electron chi connectivity index (χ3n) is 2.85. The highest BCUT2D eigenvalue weighted by atomic mass is 32.1. The van der Waals surface area contributed by atoms with Crippen LogP contribution in [0, 0.1) is 0 Å². The average Bonchev–Trinajstić information content (AvgIpc) is 2.26. The van der Waals surface area contributed by atoms with Crippen molar-refractivity contribution in [3.8, 4) is 0 Å². The zero-order chi connectivity index (χ0) is 11.4. The van der Waals surface area contributed by atoms with Gasteiger partial charge in [0.1, 0.15) is 0 Å². The third kappa shape index (κ3) is 12.2. The van der Waals surface area contributed by atoms with Crippen molar-refractivity contribution in [2.24, 2.45) is 0 Å². The Hall–Kier alpha value is 0.310. The van der Waals surface area contributed by atoms with E-state index < -0.39 is 0 Å². The van der Waals surface area contributed by atoms with Crippen LogP contribution < -0.4 is 0 Å². The molecule has 1 nitrogen and oxygen atoms in total. The molecule has 0 fully saturated rings. The van der Waals surface area contributed by atoms with Crippen LogP contribution in [0.25, 0.3) is 0 Å². The highest BCUT2D eigenvalue weighted by Crippen LogP contribution is 2.12. The normalized spacial score (nSPS) is 13.0. The first-order valence-corrected chi connectivity index (χ1v) is 7.11. The minimum atomic E-state index is 0.203. The Morgan fingerprint density at radius 3 is 1.80 bits per heavy atom. The number of hydrogen-bond acceptors (Lipinski definition) is 2. The van der Waals surface area contributed by atoms with Crippen LogP contribution in [0.5, 0.6) is 0 Å². The summed E-state index contributed by atoms with van der Waals surface area (Å²) in [5.41, 5.74) is 0. The molecule has 92 valence electrons. The fourth-order valence-corrected chi connectivity index (χ4v) is 1.96. The molecular weight excluding hydrogens is 204 g/mol. The summed E-state index contributed by atoms with van der Waals surface area (Å²) < 4.78 is 0. The fraction of sp³-hybridized carbons (Fsp3) is 1.00. The highest BCUT2D eigenvalue weighted by molar-refractivity contribution is 7.81. The molecule has 1 atom stereocenters. The molecule has 1 N–H and O–H groups in total. The van der Waals surface area contributed by atoms with Crippen LogP contribution in [0.15, 0.2) is 0 Å². The van der Waals surface area contributed by atoms with E-state index in [1.54, 1.807) is 0 Å². The summed E-state index contributed by atoms with van der Waals surface area (Å²) in [6, 6.07) is 0. The maximum absolute atomic E-state index is 8.78. The Morgan fingerprint density at radius 1 is 0.867 bits per heavy atom. The van der Waals surface area contributed by atoms with Crippen LogP contribution in [0.2, 0.25) is 0 Å². The molecular formula is C13H28OS. The van der Waals surface area contributed by atoms with Gasteiger partial charge < -0.3 is 5.11 Å². The number of thiol groups is 1. The Bertz CT molecular complexity index is 117. The molecule has 0 heterocycles. The SMILES string of the molecule is CCCCCCCCCCCC(S)CO. The topological polar surface area (TPSA) is 20.2 Å². The Labute approximate surface area is 101 Å². The largest absolute Gasteiger partial charge is 0.395 e. The first kappa shape index (κ1) is 15.3. The van der Waals surface area contributed by atoms with E-state index in [9.17, 15) is 0 Å². The number of rotatable bonds is 11. The van der Waals surface area contributed by atoms with E-state index in [0.717, 1.165) is 6.42 Å². The van der Waals surface area contributed by atoms with Gasteiger partial charge in [-0.05, 0) is 6.42 Å².